The van der Waals surface area contributed by atoms with Crippen molar-refractivity contribution in [1.82, 2.24) is 20.4 Å². The van der Waals surface area contributed by atoms with Gasteiger partial charge < -0.3 is 9.84 Å². The first-order valence-electron chi connectivity index (χ1n) is 8.28. The Bertz CT molecular complexity index is 424. The number of likely N-dealkylation sites (tertiary alicyclic amines) is 1. The first-order chi connectivity index (χ1) is 9.98. The van der Waals surface area contributed by atoms with Gasteiger partial charge in [0.1, 0.15) is 0 Å². The highest BCUT2D eigenvalue weighted by Gasteiger charge is 2.25. The summed E-state index contributed by atoms with van der Waals surface area (Å²) >= 11 is 0. The van der Waals surface area contributed by atoms with Crippen molar-refractivity contribution in [3.05, 3.63) is 11.7 Å². The lowest BCUT2D eigenvalue weighted by molar-refractivity contribution is 0.116. The monoisotopic (exact) mass is 294 g/mol. The second kappa shape index (κ2) is 7.36. The Morgan fingerprint density at radius 1 is 1.33 bits per heavy atom. The molecular weight excluding hydrogens is 264 g/mol. The standard InChI is InChI=1S/C16H30N4O/c1-5-8-14-18-15(21-19-14)12-20-10-7-6-9-13(20)11-17-16(2,3)4/h13,17H,5-12H2,1-4H3. The van der Waals surface area contributed by atoms with Crippen LogP contribution in [0, 0.1) is 0 Å². The molecule has 2 rings (SSSR count). The maximum absolute atomic E-state index is 5.39. The van der Waals surface area contributed by atoms with E-state index in [0.29, 0.717) is 6.04 Å². The van der Waals surface area contributed by atoms with E-state index in [0.717, 1.165) is 44.2 Å². The van der Waals surface area contributed by atoms with E-state index in [1.165, 1.54) is 19.3 Å². The fourth-order valence-electron chi connectivity index (χ4n) is 2.78. The molecule has 5 nitrogen and oxygen atoms in total. The summed E-state index contributed by atoms with van der Waals surface area (Å²) in [5.74, 6) is 1.61. The number of hydrogen-bond acceptors (Lipinski definition) is 5. The van der Waals surface area contributed by atoms with E-state index in [9.17, 15) is 0 Å². The number of nitrogens with zero attached hydrogens (tertiary/aromatic N) is 3. The average Bonchev–Trinajstić information content (AvgIpc) is 2.85. The molecule has 0 radical (unpaired) electrons. The van der Waals surface area contributed by atoms with Crippen molar-refractivity contribution in [2.24, 2.45) is 0 Å². The summed E-state index contributed by atoms with van der Waals surface area (Å²) < 4.78 is 5.39. The summed E-state index contributed by atoms with van der Waals surface area (Å²) in [4.78, 5) is 6.99. The minimum absolute atomic E-state index is 0.169. The van der Waals surface area contributed by atoms with Crippen LogP contribution in [0.1, 0.15) is 65.1 Å². The molecule has 120 valence electrons. The molecule has 1 N–H and O–H groups in total. The van der Waals surface area contributed by atoms with Gasteiger partial charge in [-0.2, -0.15) is 4.98 Å². The summed E-state index contributed by atoms with van der Waals surface area (Å²) in [5, 5.41) is 7.68. The molecule has 2 heterocycles. The predicted molar refractivity (Wildman–Crippen MR) is 84.1 cm³/mol. The topological polar surface area (TPSA) is 54.2 Å². The van der Waals surface area contributed by atoms with Crippen LogP contribution in [0.4, 0.5) is 0 Å². The molecule has 0 saturated carbocycles. The minimum Gasteiger partial charge on any atom is -0.338 e. The van der Waals surface area contributed by atoms with Crippen molar-refractivity contribution in [1.29, 1.82) is 0 Å². The highest BCUT2D eigenvalue weighted by Crippen LogP contribution is 2.19. The van der Waals surface area contributed by atoms with E-state index in [4.69, 9.17) is 4.52 Å². The van der Waals surface area contributed by atoms with Crippen molar-refractivity contribution in [3.63, 3.8) is 0 Å². The number of aromatic nitrogens is 2. The van der Waals surface area contributed by atoms with Gasteiger partial charge in [-0.3, -0.25) is 4.90 Å². The Morgan fingerprint density at radius 2 is 2.14 bits per heavy atom. The largest absolute Gasteiger partial charge is 0.338 e. The van der Waals surface area contributed by atoms with Crippen molar-refractivity contribution < 1.29 is 4.52 Å². The second-order valence-corrected chi connectivity index (χ2v) is 7.11. The molecule has 1 aromatic heterocycles. The minimum atomic E-state index is 0.169. The van der Waals surface area contributed by atoms with Gasteiger partial charge in [0.2, 0.25) is 5.89 Å². The predicted octanol–water partition coefficient (Wildman–Crippen LogP) is 2.76. The number of hydrogen-bond donors (Lipinski definition) is 1. The van der Waals surface area contributed by atoms with E-state index in [-0.39, 0.29) is 5.54 Å². The van der Waals surface area contributed by atoms with E-state index in [2.05, 4.69) is 48.1 Å². The van der Waals surface area contributed by atoms with Crippen LogP contribution in [-0.2, 0) is 13.0 Å². The van der Waals surface area contributed by atoms with Crippen LogP contribution in [0.2, 0.25) is 0 Å². The van der Waals surface area contributed by atoms with Crippen molar-refractivity contribution >= 4 is 0 Å². The first-order valence-corrected chi connectivity index (χ1v) is 8.28. The molecule has 1 aromatic rings. The Hall–Kier alpha value is -0.940. The summed E-state index contributed by atoms with van der Waals surface area (Å²) in [7, 11) is 0. The molecule has 0 spiro atoms. The molecule has 5 heteroatoms. The quantitative estimate of drug-likeness (QED) is 0.874. The van der Waals surface area contributed by atoms with Gasteiger partial charge >= 0.3 is 0 Å². The highest BCUT2D eigenvalue weighted by molar-refractivity contribution is 4.89. The Morgan fingerprint density at radius 3 is 2.86 bits per heavy atom. The third-order valence-corrected chi connectivity index (χ3v) is 3.94. The average molecular weight is 294 g/mol. The van der Waals surface area contributed by atoms with Crippen LogP contribution in [-0.4, -0.2) is 39.7 Å². The third-order valence-electron chi connectivity index (χ3n) is 3.94. The molecule has 1 aliphatic rings. The van der Waals surface area contributed by atoms with E-state index >= 15 is 0 Å². The zero-order valence-electron chi connectivity index (χ0n) is 14.0. The van der Waals surface area contributed by atoms with Gasteiger partial charge in [0.15, 0.2) is 5.82 Å². The van der Waals surface area contributed by atoms with Crippen LogP contribution < -0.4 is 5.32 Å². The lowest BCUT2D eigenvalue weighted by Gasteiger charge is -2.36. The van der Waals surface area contributed by atoms with E-state index in [1.807, 2.05) is 0 Å². The molecule has 0 aliphatic carbocycles. The molecule has 1 aliphatic heterocycles. The van der Waals surface area contributed by atoms with Crippen LogP contribution >= 0.6 is 0 Å². The number of aryl methyl sites for hydroxylation is 1. The van der Waals surface area contributed by atoms with E-state index < -0.39 is 0 Å². The molecule has 21 heavy (non-hydrogen) atoms. The zero-order chi connectivity index (χ0) is 15.3. The smallest absolute Gasteiger partial charge is 0.240 e. The summed E-state index contributed by atoms with van der Waals surface area (Å²) in [6, 6.07) is 0.569. The SMILES string of the molecule is CCCc1noc(CN2CCCCC2CNC(C)(C)C)n1. The molecule has 0 bridgehead atoms. The van der Waals surface area contributed by atoms with Crippen LogP contribution in [0.25, 0.3) is 0 Å². The lowest BCUT2D eigenvalue weighted by atomic mass is 10.0. The molecule has 1 atom stereocenters. The van der Waals surface area contributed by atoms with Gasteiger partial charge in [-0.15, -0.1) is 0 Å². The van der Waals surface area contributed by atoms with E-state index in [1.54, 1.807) is 0 Å². The van der Waals surface area contributed by atoms with Gasteiger partial charge in [-0.25, -0.2) is 0 Å². The van der Waals surface area contributed by atoms with Crippen molar-refractivity contribution in [3.8, 4) is 0 Å². The van der Waals surface area contributed by atoms with Gasteiger partial charge in [0, 0.05) is 24.5 Å². The van der Waals surface area contributed by atoms with Gasteiger partial charge in [-0.1, -0.05) is 18.5 Å². The first kappa shape index (κ1) is 16.4. The zero-order valence-corrected chi connectivity index (χ0v) is 14.0. The summed E-state index contributed by atoms with van der Waals surface area (Å²) in [6.07, 6.45) is 5.79. The normalized spacial score (nSPS) is 20.9. The summed E-state index contributed by atoms with van der Waals surface area (Å²) in [6.45, 7) is 11.7. The second-order valence-electron chi connectivity index (χ2n) is 7.11. The molecule has 1 unspecified atom stereocenters. The molecular formula is C16H30N4O. The molecule has 0 aromatic carbocycles. The number of piperidine rings is 1. The fraction of sp³-hybridized carbons (Fsp3) is 0.875. The van der Waals surface area contributed by atoms with Gasteiger partial charge in [0.25, 0.3) is 0 Å². The van der Waals surface area contributed by atoms with Crippen LogP contribution in [0.5, 0.6) is 0 Å². The lowest BCUT2D eigenvalue weighted by Crippen LogP contribution is -2.49. The fourth-order valence-corrected chi connectivity index (χ4v) is 2.78. The molecule has 1 saturated heterocycles. The highest BCUT2D eigenvalue weighted by atomic mass is 16.5. The Balaban J connectivity index is 1.91. The summed E-state index contributed by atoms with van der Waals surface area (Å²) in [5.41, 5.74) is 0.169. The van der Waals surface area contributed by atoms with Crippen molar-refractivity contribution in [2.75, 3.05) is 13.1 Å². The van der Waals surface area contributed by atoms with Gasteiger partial charge in [0.05, 0.1) is 6.54 Å². The molecule has 1 fully saturated rings. The number of rotatable bonds is 6. The third kappa shape index (κ3) is 5.40. The Labute approximate surface area is 128 Å². The maximum Gasteiger partial charge on any atom is 0.240 e. The van der Waals surface area contributed by atoms with Crippen LogP contribution in [0.15, 0.2) is 4.52 Å². The van der Waals surface area contributed by atoms with Crippen molar-refractivity contribution in [2.45, 2.75) is 77.9 Å². The van der Waals surface area contributed by atoms with Crippen LogP contribution in [0.3, 0.4) is 0 Å². The maximum atomic E-state index is 5.39. The molecule has 0 amide bonds. The van der Waals surface area contributed by atoms with Gasteiger partial charge in [-0.05, 0) is 46.6 Å². The Kier molecular flexibility index (Phi) is 5.76. The number of nitrogens with one attached hydrogen (secondary N) is 1.